The maximum Gasteiger partial charge on any atom is 0.129 e. The number of rotatable bonds is 6. The van der Waals surface area contributed by atoms with E-state index >= 15 is 0 Å². The molecule has 0 aromatic heterocycles. The van der Waals surface area contributed by atoms with Crippen molar-refractivity contribution >= 4 is 10.2 Å². The number of hydrogen-bond acceptors (Lipinski definition) is 0. The van der Waals surface area contributed by atoms with E-state index in [1.165, 1.54) is 88.5 Å². The Kier molecular flexibility index (Phi) is 7.63. The summed E-state index contributed by atoms with van der Waals surface area (Å²) in [5.41, 5.74) is 2.89. The second-order valence-electron chi connectivity index (χ2n) is 10.1. The van der Waals surface area contributed by atoms with Crippen molar-refractivity contribution < 1.29 is 8.78 Å². The molecule has 0 spiro atoms. The van der Waals surface area contributed by atoms with Gasteiger partial charge in [0.25, 0.3) is 0 Å². The van der Waals surface area contributed by atoms with Gasteiger partial charge in [-0.15, -0.1) is 0 Å². The molecule has 0 saturated heterocycles. The van der Waals surface area contributed by atoms with Crippen LogP contribution in [-0.4, -0.2) is 10.2 Å². The summed E-state index contributed by atoms with van der Waals surface area (Å²) in [6.45, 7) is 1.47. The average Bonchev–Trinajstić information content (AvgIpc) is 2.81. The highest BCUT2D eigenvalue weighted by atomic mass is 28.1. The maximum atomic E-state index is 13.9. The van der Waals surface area contributed by atoms with Crippen molar-refractivity contribution in [3.8, 4) is 11.1 Å². The van der Waals surface area contributed by atoms with Crippen molar-refractivity contribution in [2.75, 3.05) is 0 Å². The molecule has 0 heterocycles. The lowest BCUT2D eigenvalue weighted by atomic mass is 9.69. The van der Waals surface area contributed by atoms with Crippen LogP contribution in [0.25, 0.3) is 11.1 Å². The molecule has 4 rings (SSSR count). The van der Waals surface area contributed by atoms with Crippen molar-refractivity contribution in [2.24, 2.45) is 23.7 Å². The molecule has 2 aromatic rings. The fourth-order valence-electron chi connectivity index (χ4n) is 5.86. The summed E-state index contributed by atoms with van der Waals surface area (Å²) in [5, 5.41) is 0. The molecule has 2 aromatic carbocycles. The summed E-state index contributed by atoms with van der Waals surface area (Å²) in [6.07, 6.45) is 13.7. The van der Waals surface area contributed by atoms with Gasteiger partial charge < -0.3 is 0 Å². The average molecular weight is 438 g/mol. The molecule has 31 heavy (non-hydrogen) atoms. The Morgan fingerprint density at radius 1 is 0.742 bits per heavy atom. The number of halogens is 2. The first-order valence-corrected chi connectivity index (χ1v) is 12.9. The Bertz CT molecular complexity index is 821. The Hall–Kier alpha value is -1.48. The van der Waals surface area contributed by atoms with Crippen LogP contribution in [0.5, 0.6) is 0 Å². The minimum Gasteiger partial charge on any atom is -0.207 e. The third-order valence-electron chi connectivity index (χ3n) is 8.15. The van der Waals surface area contributed by atoms with Gasteiger partial charge in [0.1, 0.15) is 11.6 Å². The zero-order chi connectivity index (χ0) is 21.8. The van der Waals surface area contributed by atoms with Gasteiger partial charge in [-0.2, -0.15) is 0 Å². The van der Waals surface area contributed by atoms with E-state index in [0.29, 0.717) is 5.56 Å². The van der Waals surface area contributed by atoms with Gasteiger partial charge in [-0.3, -0.25) is 0 Å². The highest BCUT2D eigenvalue weighted by Crippen LogP contribution is 2.42. The molecule has 165 valence electrons. The van der Waals surface area contributed by atoms with Crippen LogP contribution < -0.4 is 0 Å². The second-order valence-corrected chi connectivity index (χ2v) is 10.5. The van der Waals surface area contributed by atoms with Crippen molar-refractivity contribution in [2.45, 2.75) is 77.2 Å². The summed E-state index contributed by atoms with van der Waals surface area (Å²) in [5.74, 6) is 2.77. The molecule has 3 radical (unpaired) electrons. The largest absolute Gasteiger partial charge is 0.207 e. The minimum absolute atomic E-state index is 0.0848. The van der Waals surface area contributed by atoms with E-state index in [2.05, 4.69) is 22.4 Å². The fourth-order valence-corrected chi connectivity index (χ4v) is 6.27. The Morgan fingerprint density at radius 3 is 1.77 bits per heavy atom. The molecule has 0 atom stereocenters. The van der Waals surface area contributed by atoms with Crippen LogP contribution in [0.4, 0.5) is 8.78 Å². The van der Waals surface area contributed by atoms with Gasteiger partial charge in [0, 0.05) is 15.8 Å². The standard InChI is InChI=1S/C28H35F2Si/c1-19-27(29)16-26(17-28(19)30)25-12-6-21(7-13-25)3-2-20-4-10-23(11-5-20)24-14-8-22(18-31)9-15-24/h6-7,12-13,16-17,20,22-24H,2-5,8-11,14-15,18H2,1H3. The Balaban J connectivity index is 1.24. The van der Waals surface area contributed by atoms with Crippen molar-refractivity contribution in [1.82, 2.24) is 0 Å². The predicted molar refractivity (Wildman–Crippen MR) is 126 cm³/mol. The second kappa shape index (κ2) is 10.4. The maximum absolute atomic E-state index is 13.9. The summed E-state index contributed by atoms with van der Waals surface area (Å²) < 4.78 is 27.7. The SMILES string of the molecule is Cc1c(F)cc(-c2ccc(CCC3CCC(C4CCC(C[Si])CC4)CC3)cc2)cc1F. The van der Waals surface area contributed by atoms with Crippen molar-refractivity contribution in [3.05, 3.63) is 59.2 Å². The van der Waals surface area contributed by atoms with E-state index in [4.69, 9.17) is 0 Å². The lowest BCUT2D eigenvalue weighted by molar-refractivity contribution is 0.148. The van der Waals surface area contributed by atoms with Crippen LogP contribution in [0.3, 0.4) is 0 Å². The Labute approximate surface area is 190 Å². The van der Waals surface area contributed by atoms with Crippen LogP contribution in [0.1, 0.15) is 68.9 Å². The lowest BCUT2D eigenvalue weighted by Gasteiger charge is -2.37. The zero-order valence-corrected chi connectivity index (χ0v) is 19.8. The summed E-state index contributed by atoms with van der Waals surface area (Å²) >= 11 is 0. The first-order valence-electron chi connectivity index (χ1n) is 12.2. The molecule has 2 saturated carbocycles. The number of benzene rings is 2. The highest BCUT2D eigenvalue weighted by Gasteiger charge is 2.30. The van der Waals surface area contributed by atoms with E-state index < -0.39 is 11.6 Å². The first kappa shape index (κ1) is 22.7. The van der Waals surface area contributed by atoms with Crippen molar-refractivity contribution in [1.29, 1.82) is 0 Å². The van der Waals surface area contributed by atoms with E-state index in [0.717, 1.165) is 35.7 Å². The van der Waals surface area contributed by atoms with Gasteiger partial charge in [-0.25, -0.2) is 8.78 Å². The van der Waals surface area contributed by atoms with Gasteiger partial charge in [-0.1, -0.05) is 56.0 Å². The molecule has 0 unspecified atom stereocenters. The lowest BCUT2D eigenvalue weighted by Crippen LogP contribution is -2.26. The molecule has 2 fully saturated rings. The smallest absolute Gasteiger partial charge is 0.129 e. The molecule has 0 bridgehead atoms. The normalized spacial score (nSPS) is 26.7. The van der Waals surface area contributed by atoms with E-state index in [-0.39, 0.29) is 5.56 Å². The molecular formula is C28H35F2Si. The molecule has 2 aliphatic rings. The van der Waals surface area contributed by atoms with Crippen LogP contribution in [0, 0.1) is 42.2 Å². The third kappa shape index (κ3) is 5.66. The van der Waals surface area contributed by atoms with Gasteiger partial charge in [-0.05, 0) is 97.9 Å². The van der Waals surface area contributed by atoms with Crippen LogP contribution in [0.15, 0.2) is 36.4 Å². The number of aryl methyl sites for hydroxylation is 1. The topological polar surface area (TPSA) is 0 Å². The van der Waals surface area contributed by atoms with E-state index in [9.17, 15) is 8.78 Å². The quantitative estimate of drug-likeness (QED) is 0.401. The molecule has 3 heteroatoms. The summed E-state index contributed by atoms with van der Waals surface area (Å²) in [7, 11) is 3.71. The molecule has 0 amide bonds. The van der Waals surface area contributed by atoms with Gasteiger partial charge >= 0.3 is 0 Å². The van der Waals surface area contributed by atoms with Gasteiger partial charge in [0.15, 0.2) is 0 Å². The molecule has 0 N–H and O–H groups in total. The summed E-state index contributed by atoms with van der Waals surface area (Å²) in [6, 6.07) is 12.3. The highest BCUT2D eigenvalue weighted by molar-refractivity contribution is 6.08. The zero-order valence-electron chi connectivity index (χ0n) is 18.8. The first-order chi connectivity index (χ1) is 15.0. The fraction of sp³-hybridized carbons (Fsp3) is 0.571. The van der Waals surface area contributed by atoms with Crippen LogP contribution in [-0.2, 0) is 6.42 Å². The third-order valence-corrected chi connectivity index (χ3v) is 8.72. The van der Waals surface area contributed by atoms with Crippen LogP contribution in [0.2, 0.25) is 6.04 Å². The molecule has 0 aliphatic heterocycles. The minimum atomic E-state index is -0.481. The molecule has 2 aliphatic carbocycles. The van der Waals surface area contributed by atoms with Gasteiger partial charge in [0.05, 0.1) is 0 Å². The van der Waals surface area contributed by atoms with Crippen molar-refractivity contribution in [3.63, 3.8) is 0 Å². The van der Waals surface area contributed by atoms with E-state index in [1.54, 1.807) is 0 Å². The Morgan fingerprint density at radius 2 is 1.26 bits per heavy atom. The monoisotopic (exact) mass is 437 g/mol. The van der Waals surface area contributed by atoms with Gasteiger partial charge in [0.2, 0.25) is 0 Å². The molecule has 0 nitrogen and oxygen atoms in total. The van der Waals surface area contributed by atoms with E-state index in [1.807, 2.05) is 12.1 Å². The predicted octanol–water partition coefficient (Wildman–Crippen LogP) is 8.07. The molecular weight excluding hydrogens is 402 g/mol. The number of hydrogen-bond donors (Lipinski definition) is 0. The summed E-state index contributed by atoms with van der Waals surface area (Å²) in [4.78, 5) is 0. The van der Waals surface area contributed by atoms with Crippen LogP contribution >= 0.6 is 0 Å².